The third-order valence-electron chi connectivity index (χ3n) is 2.39. The second kappa shape index (κ2) is 6.53. The van der Waals surface area contributed by atoms with Crippen molar-refractivity contribution in [3.05, 3.63) is 29.6 Å². The predicted molar refractivity (Wildman–Crippen MR) is 61.6 cm³/mol. The lowest BCUT2D eigenvalue weighted by Gasteiger charge is -2.08. The SMILES string of the molecule is CCC(O)CCNCc1cncc(C)c1. The third-order valence-corrected chi connectivity index (χ3v) is 2.39. The summed E-state index contributed by atoms with van der Waals surface area (Å²) in [6.07, 6.45) is 5.19. The van der Waals surface area contributed by atoms with Crippen molar-refractivity contribution in [1.82, 2.24) is 10.3 Å². The van der Waals surface area contributed by atoms with E-state index in [4.69, 9.17) is 0 Å². The number of aliphatic hydroxyl groups excluding tert-OH is 1. The van der Waals surface area contributed by atoms with E-state index < -0.39 is 0 Å². The third kappa shape index (κ3) is 4.91. The van der Waals surface area contributed by atoms with Gasteiger partial charge < -0.3 is 10.4 Å². The molecule has 0 aliphatic carbocycles. The Hall–Kier alpha value is -0.930. The van der Waals surface area contributed by atoms with Gasteiger partial charge in [0.05, 0.1) is 6.10 Å². The highest BCUT2D eigenvalue weighted by Gasteiger charge is 1.99. The van der Waals surface area contributed by atoms with E-state index in [-0.39, 0.29) is 6.10 Å². The van der Waals surface area contributed by atoms with E-state index in [1.165, 1.54) is 11.1 Å². The molecule has 1 aromatic heterocycles. The molecule has 15 heavy (non-hydrogen) atoms. The van der Waals surface area contributed by atoms with Crippen LogP contribution in [0.25, 0.3) is 0 Å². The van der Waals surface area contributed by atoms with Crippen molar-refractivity contribution >= 4 is 0 Å². The molecular formula is C12H20N2O. The Labute approximate surface area is 91.5 Å². The van der Waals surface area contributed by atoms with Crippen LogP contribution in [0.3, 0.4) is 0 Å². The maximum atomic E-state index is 9.35. The molecule has 0 bridgehead atoms. The number of pyridine rings is 1. The number of rotatable bonds is 6. The summed E-state index contributed by atoms with van der Waals surface area (Å²) < 4.78 is 0. The molecule has 0 fully saturated rings. The van der Waals surface area contributed by atoms with Crippen LogP contribution in [0.5, 0.6) is 0 Å². The standard InChI is InChI=1S/C12H20N2O/c1-3-12(15)4-5-13-8-11-6-10(2)7-14-9-11/h6-7,9,12-13,15H,3-5,8H2,1-2H3. The van der Waals surface area contributed by atoms with Crippen LogP contribution >= 0.6 is 0 Å². The van der Waals surface area contributed by atoms with Crippen LogP contribution in [0.2, 0.25) is 0 Å². The number of aromatic nitrogens is 1. The van der Waals surface area contributed by atoms with Gasteiger partial charge in [0.1, 0.15) is 0 Å². The fraction of sp³-hybridized carbons (Fsp3) is 0.583. The van der Waals surface area contributed by atoms with Gasteiger partial charge in [-0.1, -0.05) is 13.0 Å². The molecule has 1 atom stereocenters. The lowest BCUT2D eigenvalue weighted by atomic mass is 10.2. The summed E-state index contributed by atoms with van der Waals surface area (Å²) >= 11 is 0. The molecule has 0 aliphatic rings. The minimum absolute atomic E-state index is 0.173. The van der Waals surface area contributed by atoms with Gasteiger partial charge >= 0.3 is 0 Å². The van der Waals surface area contributed by atoms with Gasteiger partial charge in [0.2, 0.25) is 0 Å². The predicted octanol–water partition coefficient (Wildman–Crippen LogP) is 1.64. The van der Waals surface area contributed by atoms with Crippen molar-refractivity contribution in [1.29, 1.82) is 0 Å². The van der Waals surface area contributed by atoms with Gasteiger partial charge in [0.25, 0.3) is 0 Å². The summed E-state index contributed by atoms with van der Waals surface area (Å²) in [5.74, 6) is 0. The Morgan fingerprint density at radius 2 is 2.27 bits per heavy atom. The van der Waals surface area contributed by atoms with Crippen molar-refractivity contribution < 1.29 is 5.11 Å². The molecule has 0 radical (unpaired) electrons. The number of hydrogen-bond acceptors (Lipinski definition) is 3. The van der Waals surface area contributed by atoms with E-state index >= 15 is 0 Å². The van der Waals surface area contributed by atoms with Crippen molar-refractivity contribution in [2.75, 3.05) is 6.54 Å². The van der Waals surface area contributed by atoms with Crippen molar-refractivity contribution in [2.24, 2.45) is 0 Å². The summed E-state index contributed by atoms with van der Waals surface area (Å²) in [7, 11) is 0. The highest BCUT2D eigenvalue weighted by atomic mass is 16.3. The van der Waals surface area contributed by atoms with Crippen LogP contribution in [0.1, 0.15) is 30.9 Å². The molecule has 1 unspecified atom stereocenters. The van der Waals surface area contributed by atoms with Gasteiger partial charge in [0, 0.05) is 18.9 Å². The van der Waals surface area contributed by atoms with Crippen LogP contribution in [-0.4, -0.2) is 22.7 Å². The Bertz CT molecular complexity index is 289. The van der Waals surface area contributed by atoms with Crippen LogP contribution in [-0.2, 0) is 6.54 Å². The minimum Gasteiger partial charge on any atom is -0.393 e. The van der Waals surface area contributed by atoms with E-state index in [1.54, 1.807) is 0 Å². The maximum absolute atomic E-state index is 9.35. The van der Waals surface area contributed by atoms with Crippen LogP contribution in [0.4, 0.5) is 0 Å². The summed E-state index contributed by atoms with van der Waals surface area (Å²) in [6, 6.07) is 2.12. The van der Waals surface area contributed by atoms with Gasteiger partial charge in [-0.25, -0.2) is 0 Å². The van der Waals surface area contributed by atoms with E-state index in [9.17, 15) is 5.11 Å². The van der Waals surface area contributed by atoms with Crippen molar-refractivity contribution in [3.63, 3.8) is 0 Å². The monoisotopic (exact) mass is 208 g/mol. The summed E-state index contributed by atoms with van der Waals surface area (Å²) in [5.41, 5.74) is 2.38. The Morgan fingerprint density at radius 3 is 2.93 bits per heavy atom. The molecule has 0 aromatic carbocycles. The molecule has 1 aromatic rings. The first kappa shape index (κ1) is 12.1. The molecule has 2 N–H and O–H groups in total. The molecule has 0 aliphatic heterocycles. The first-order valence-corrected chi connectivity index (χ1v) is 5.51. The topological polar surface area (TPSA) is 45.1 Å². The van der Waals surface area contributed by atoms with E-state index in [0.29, 0.717) is 0 Å². The normalized spacial score (nSPS) is 12.7. The van der Waals surface area contributed by atoms with Crippen LogP contribution < -0.4 is 5.32 Å². The minimum atomic E-state index is -0.173. The largest absolute Gasteiger partial charge is 0.393 e. The number of nitrogens with one attached hydrogen (secondary N) is 1. The van der Waals surface area contributed by atoms with E-state index in [2.05, 4.69) is 16.4 Å². The Morgan fingerprint density at radius 1 is 1.47 bits per heavy atom. The molecule has 1 heterocycles. The van der Waals surface area contributed by atoms with Crippen LogP contribution in [0, 0.1) is 6.92 Å². The lowest BCUT2D eigenvalue weighted by molar-refractivity contribution is 0.159. The number of aliphatic hydroxyl groups is 1. The first-order valence-electron chi connectivity index (χ1n) is 5.51. The second-order valence-electron chi connectivity index (χ2n) is 3.90. The number of nitrogens with zero attached hydrogens (tertiary/aromatic N) is 1. The zero-order valence-corrected chi connectivity index (χ0v) is 9.53. The molecule has 1 rings (SSSR count). The molecular weight excluding hydrogens is 188 g/mol. The summed E-state index contributed by atoms with van der Waals surface area (Å²) in [6.45, 7) is 5.71. The van der Waals surface area contributed by atoms with Crippen molar-refractivity contribution in [2.45, 2.75) is 39.3 Å². The Balaban J connectivity index is 2.20. The number of hydrogen-bond donors (Lipinski definition) is 2. The molecule has 84 valence electrons. The lowest BCUT2D eigenvalue weighted by Crippen LogP contribution is -2.19. The van der Waals surface area contributed by atoms with Crippen molar-refractivity contribution in [3.8, 4) is 0 Å². The van der Waals surface area contributed by atoms with Crippen LogP contribution in [0.15, 0.2) is 18.5 Å². The quantitative estimate of drug-likeness (QED) is 0.699. The highest BCUT2D eigenvalue weighted by Crippen LogP contribution is 2.01. The van der Waals surface area contributed by atoms with E-state index in [0.717, 1.165) is 25.9 Å². The summed E-state index contributed by atoms with van der Waals surface area (Å²) in [5, 5.41) is 12.6. The van der Waals surface area contributed by atoms with Gasteiger partial charge in [-0.2, -0.15) is 0 Å². The average Bonchev–Trinajstić information content (AvgIpc) is 2.24. The first-order chi connectivity index (χ1) is 7.22. The zero-order chi connectivity index (χ0) is 11.1. The van der Waals surface area contributed by atoms with Gasteiger partial charge in [0.15, 0.2) is 0 Å². The molecule has 3 nitrogen and oxygen atoms in total. The van der Waals surface area contributed by atoms with E-state index in [1.807, 2.05) is 26.2 Å². The van der Waals surface area contributed by atoms with Gasteiger partial charge in [-0.3, -0.25) is 4.98 Å². The van der Waals surface area contributed by atoms with Gasteiger partial charge in [-0.05, 0) is 37.4 Å². The highest BCUT2D eigenvalue weighted by molar-refractivity contribution is 5.16. The van der Waals surface area contributed by atoms with Gasteiger partial charge in [-0.15, -0.1) is 0 Å². The number of aryl methyl sites for hydroxylation is 1. The fourth-order valence-electron chi connectivity index (χ4n) is 1.42. The second-order valence-corrected chi connectivity index (χ2v) is 3.90. The molecule has 3 heteroatoms. The average molecular weight is 208 g/mol. The molecule has 0 spiro atoms. The maximum Gasteiger partial charge on any atom is 0.0549 e. The zero-order valence-electron chi connectivity index (χ0n) is 9.53. The fourth-order valence-corrected chi connectivity index (χ4v) is 1.42. The molecule has 0 saturated heterocycles. The Kier molecular flexibility index (Phi) is 5.29. The molecule has 0 amide bonds. The molecule has 0 saturated carbocycles. The smallest absolute Gasteiger partial charge is 0.0549 e. The summed E-state index contributed by atoms with van der Waals surface area (Å²) in [4.78, 5) is 4.12.